The second kappa shape index (κ2) is 8.06. The number of hydrogen-bond donors (Lipinski definition) is 3. The van der Waals surface area contributed by atoms with Gasteiger partial charge in [0.25, 0.3) is 0 Å². The third-order valence-electron chi connectivity index (χ3n) is 3.69. The van der Waals surface area contributed by atoms with Crippen LogP contribution < -0.4 is 10.6 Å². The van der Waals surface area contributed by atoms with Crippen LogP contribution in [0.5, 0.6) is 0 Å². The third-order valence-corrected chi connectivity index (χ3v) is 3.69. The van der Waals surface area contributed by atoms with E-state index in [1.165, 1.54) is 0 Å². The molecule has 2 aromatic rings. The van der Waals surface area contributed by atoms with Gasteiger partial charge in [0.1, 0.15) is 17.2 Å². The maximum Gasteiger partial charge on any atom is 0.191 e. The summed E-state index contributed by atoms with van der Waals surface area (Å²) in [6, 6.07) is 3.26. The Labute approximate surface area is 145 Å². The summed E-state index contributed by atoms with van der Waals surface area (Å²) in [5, 5.41) is 20.6. The molecule has 1 heterocycles. The van der Waals surface area contributed by atoms with Crippen molar-refractivity contribution in [3.05, 3.63) is 53.4 Å². The lowest BCUT2D eigenvalue weighted by Crippen LogP contribution is -2.44. The molecule has 1 aromatic heterocycles. The van der Waals surface area contributed by atoms with E-state index in [9.17, 15) is 13.9 Å². The maximum atomic E-state index is 13.7. The van der Waals surface area contributed by atoms with Crippen LogP contribution in [0.1, 0.15) is 25.0 Å². The number of hydrogen-bond acceptors (Lipinski definition) is 3. The van der Waals surface area contributed by atoms with Gasteiger partial charge < -0.3 is 15.7 Å². The number of nitrogens with zero attached hydrogens (tertiary/aromatic N) is 3. The van der Waals surface area contributed by atoms with Crippen molar-refractivity contribution in [2.75, 3.05) is 13.1 Å². The van der Waals surface area contributed by atoms with Gasteiger partial charge in [-0.15, -0.1) is 0 Å². The number of benzene rings is 1. The summed E-state index contributed by atoms with van der Waals surface area (Å²) in [6.45, 7) is 4.29. The highest BCUT2D eigenvalue weighted by Crippen LogP contribution is 2.18. The van der Waals surface area contributed by atoms with Crippen LogP contribution in [0.2, 0.25) is 0 Å². The van der Waals surface area contributed by atoms with E-state index in [0.29, 0.717) is 18.1 Å². The minimum Gasteiger partial charge on any atom is -0.383 e. The van der Waals surface area contributed by atoms with Crippen LogP contribution in [-0.4, -0.2) is 33.9 Å². The molecule has 0 fully saturated rings. The first-order valence-corrected chi connectivity index (χ1v) is 7.99. The average Bonchev–Trinajstić information content (AvgIpc) is 3.00. The monoisotopic (exact) mass is 351 g/mol. The van der Waals surface area contributed by atoms with Crippen LogP contribution in [0.4, 0.5) is 8.78 Å². The normalized spacial score (nSPS) is 14.2. The highest BCUT2D eigenvalue weighted by Gasteiger charge is 2.25. The summed E-state index contributed by atoms with van der Waals surface area (Å²) in [5.74, 6) is -0.622. The summed E-state index contributed by atoms with van der Waals surface area (Å²) in [7, 11) is 1.77. The van der Waals surface area contributed by atoms with E-state index in [4.69, 9.17) is 0 Å². The van der Waals surface area contributed by atoms with Gasteiger partial charge in [-0.1, -0.05) is 0 Å². The standard InChI is InChI=1S/C17H23F2N5O/c1-4-20-16(21-8-12-7-14(18)5-6-15(12)19)22-11-17(2,25)13-9-23-24(3)10-13/h5-7,9-10,25H,4,8,11H2,1-3H3,(H2,20,21,22). The molecule has 3 N–H and O–H groups in total. The lowest BCUT2D eigenvalue weighted by Gasteiger charge is -2.23. The summed E-state index contributed by atoms with van der Waals surface area (Å²) in [5.41, 5.74) is -0.333. The first kappa shape index (κ1) is 18.9. The fourth-order valence-corrected chi connectivity index (χ4v) is 2.23. The Morgan fingerprint density at radius 2 is 2.12 bits per heavy atom. The Hall–Kier alpha value is -2.48. The molecule has 0 radical (unpaired) electrons. The first-order chi connectivity index (χ1) is 11.8. The molecule has 0 saturated heterocycles. The fourth-order valence-electron chi connectivity index (χ4n) is 2.23. The topological polar surface area (TPSA) is 74.5 Å². The van der Waals surface area contributed by atoms with Crippen LogP contribution in [-0.2, 0) is 19.2 Å². The predicted molar refractivity (Wildman–Crippen MR) is 92.0 cm³/mol. The van der Waals surface area contributed by atoms with E-state index >= 15 is 0 Å². The number of aromatic nitrogens is 2. The minimum absolute atomic E-state index is 0.0199. The van der Waals surface area contributed by atoms with Gasteiger partial charge in [0.15, 0.2) is 5.96 Å². The summed E-state index contributed by atoms with van der Waals surface area (Å²) in [6.07, 6.45) is 3.32. The molecule has 2 rings (SSSR count). The zero-order valence-electron chi connectivity index (χ0n) is 14.6. The maximum absolute atomic E-state index is 13.7. The zero-order chi connectivity index (χ0) is 18.4. The molecular weight excluding hydrogens is 328 g/mol. The van der Waals surface area contributed by atoms with Gasteiger partial charge in [0.05, 0.1) is 19.3 Å². The van der Waals surface area contributed by atoms with E-state index in [0.717, 1.165) is 18.2 Å². The van der Waals surface area contributed by atoms with Gasteiger partial charge in [-0.05, 0) is 32.0 Å². The average molecular weight is 351 g/mol. The third kappa shape index (κ3) is 5.25. The van der Waals surface area contributed by atoms with Crippen molar-refractivity contribution in [3.8, 4) is 0 Å². The van der Waals surface area contributed by atoms with Crippen molar-refractivity contribution >= 4 is 5.96 Å². The largest absolute Gasteiger partial charge is 0.383 e. The molecular formula is C17H23F2N5O. The Morgan fingerprint density at radius 1 is 1.36 bits per heavy atom. The van der Waals surface area contributed by atoms with Gasteiger partial charge in [0.2, 0.25) is 0 Å². The van der Waals surface area contributed by atoms with E-state index in [1.807, 2.05) is 6.92 Å². The quantitative estimate of drug-likeness (QED) is 0.547. The van der Waals surface area contributed by atoms with Crippen molar-refractivity contribution in [1.82, 2.24) is 20.4 Å². The molecule has 0 aliphatic heterocycles. The number of rotatable bonds is 6. The summed E-state index contributed by atoms with van der Waals surface area (Å²) < 4.78 is 28.5. The molecule has 0 saturated carbocycles. The summed E-state index contributed by atoms with van der Waals surface area (Å²) >= 11 is 0. The zero-order valence-corrected chi connectivity index (χ0v) is 14.6. The highest BCUT2D eigenvalue weighted by molar-refractivity contribution is 5.79. The Balaban J connectivity index is 2.06. The second-order valence-corrected chi connectivity index (χ2v) is 5.96. The van der Waals surface area contributed by atoms with Crippen molar-refractivity contribution < 1.29 is 13.9 Å². The van der Waals surface area contributed by atoms with Crippen molar-refractivity contribution in [3.63, 3.8) is 0 Å². The number of aliphatic hydroxyl groups is 1. The molecule has 6 nitrogen and oxygen atoms in total. The Bertz CT molecular complexity index is 742. The van der Waals surface area contributed by atoms with Gasteiger partial charge in [-0.25, -0.2) is 13.8 Å². The molecule has 0 aliphatic rings. The lowest BCUT2D eigenvalue weighted by atomic mass is 10.00. The molecule has 0 aliphatic carbocycles. The van der Waals surface area contributed by atoms with Crippen LogP contribution in [0.15, 0.2) is 35.6 Å². The molecule has 1 aromatic carbocycles. The number of halogens is 2. The lowest BCUT2D eigenvalue weighted by molar-refractivity contribution is 0.0616. The smallest absolute Gasteiger partial charge is 0.191 e. The molecule has 0 amide bonds. The number of guanidine groups is 1. The Morgan fingerprint density at radius 3 is 2.76 bits per heavy atom. The van der Waals surface area contributed by atoms with E-state index in [-0.39, 0.29) is 18.7 Å². The predicted octanol–water partition coefficient (Wildman–Crippen LogP) is 1.66. The first-order valence-electron chi connectivity index (χ1n) is 7.99. The molecule has 0 spiro atoms. The van der Waals surface area contributed by atoms with Gasteiger partial charge in [-0.2, -0.15) is 5.10 Å². The van der Waals surface area contributed by atoms with Crippen molar-refractivity contribution in [2.45, 2.75) is 26.0 Å². The molecule has 8 heteroatoms. The van der Waals surface area contributed by atoms with Crippen LogP contribution in [0, 0.1) is 11.6 Å². The van der Waals surface area contributed by atoms with Gasteiger partial charge in [-0.3, -0.25) is 4.68 Å². The Kier molecular flexibility index (Phi) is 6.08. The van der Waals surface area contributed by atoms with Crippen LogP contribution >= 0.6 is 0 Å². The van der Waals surface area contributed by atoms with Gasteiger partial charge >= 0.3 is 0 Å². The summed E-state index contributed by atoms with van der Waals surface area (Å²) in [4.78, 5) is 4.24. The minimum atomic E-state index is -1.16. The molecule has 0 bridgehead atoms. The number of aliphatic imine (C=N–C) groups is 1. The molecule has 136 valence electrons. The second-order valence-electron chi connectivity index (χ2n) is 5.96. The van der Waals surface area contributed by atoms with E-state index in [1.54, 1.807) is 31.0 Å². The van der Waals surface area contributed by atoms with Crippen LogP contribution in [0.25, 0.3) is 0 Å². The fraction of sp³-hybridized carbons (Fsp3) is 0.412. The number of aryl methyl sites for hydroxylation is 1. The van der Waals surface area contributed by atoms with E-state index < -0.39 is 17.2 Å². The molecule has 25 heavy (non-hydrogen) atoms. The highest BCUT2D eigenvalue weighted by atomic mass is 19.1. The van der Waals surface area contributed by atoms with Gasteiger partial charge in [0, 0.05) is 30.9 Å². The molecule has 1 atom stereocenters. The SMILES string of the molecule is CCNC(=NCc1cc(F)ccc1F)NCC(C)(O)c1cnn(C)c1. The van der Waals surface area contributed by atoms with Crippen LogP contribution in [0.3, 0.4) is 0 Å². The van der Waals surface area contributed by atoms with E-state index in [2.05, 4.69) is 20.7 Å². The van der Waals surface area contributed by atoms with Crippen molar-refractivity contribution in [2.24, 2.45) is 12.0 Å². The van der Waals surface area contributed by atoms with Crippen molar-refractivity contribution in [1.29, 1.82) is 0 Å². The number of nitrogens with one attached hydrogen (secondary N) is 2. The molecule has 1 unspecified atom stereocenters.